The number of urea groups is 1. The van der Waals surface area contributed by atoms with E-state index in [0.717, 1.165) is 37.0 Å². The summed E-state index contributed by atoms with van der Waals surface area (Å²) < 4.78 is 19.2. The third-order valence-electron chi connectivity index (χ3n) is 7.48. The molecule has 2 saturated heterocycles. The van der Waals surface area contributed by atoms with Crippen molar-refractivity contribution in [3.63, 3.8) is 0 Å². The summed E-state index contributed by atoms with van der Waals surface area (Å²) in [5.41, 5.74) is 2.84. The lowest BCUT2D eigenvalue weighted by Crippen LogP contribution is -2.37. The number of halogens is 2. The van der Waals surface area contributed by atoms with Crippen molar-refractivity contribution in [3.05, 3.63) is 83.4 Å². The van der Waals surface area contributed by atoms with E-state index in [2.05, 4.69) is 32.5 Å². The van der Waals surface area contributed by atoms with Gasteiger partial charge < -0.3 is 25.2 Å². The summed E-state index contributed by atoms with van der Waals surface area (Å²) in [7, 11) is 2.13. The Bertz CT molecular complexity index is 1540. The van der Waals surface area contributed by atoms with Gasteiger partial charge in [-0.05, 0) is 80.0 Å². The smallest absolute Gasteiger partial charge is 0.321 e. The number of hydrogen-bond acceptors (Lipinski definition) is 6. The van der Waals surface area contributed by atoms with Gasteiger partial charge in [-0.15, -0.1) is 0 Å². The Kier molecular flexibility index (Phi) is 6.93. The molecule has 2 unspecified atom stereocenters. The van der Waals surface area contributed by atoms with Crippen LogP contribution in [-0.2, 0) is 6.61 Å². The van der Waals surface area contributed by atoms with Crippen LogP contribution in [0.2, 0.25) is 5.02 Å². The van der Waals surface area contributed by atoms with Crippen LogP contribution in [0.25, 0.3) is 10.9 Å². The number of benzene rings is 3. The molecule has 39 heavy (non-hydrogen) atoms. The number of aromatic nitrogens is 2. The van der Waals surface area contributed by atoms with Gasteiger partial charge in [-0.25, -0.2) is 19.2 Å². The third kappa shape index (κ3) is 5.46. The number of anilines is 3. The van der Waals surface area contributed by atoms with E-state index >= 15 is 0 Å². The van der Waals surface area contributed by atoms with Gasteiger partial charge in [0.25, 0.3) is 0 Å². The van der Waals surface area contributed by atoms with Crippen LogP contribution in [0.15, 0.2) is 67.0 Å². The molecular formula is C29H28ClFN6O2. The number of rotatable bonds is 6. The Morgan fingerprint density at radius 3 is 2.79 bits per heavy atom. The summed E-state index contributed by atoms with van der Waals surface area (Å²) in [6.45, 7) is 2.83. The number of carbonyl (C=O) groups excluding carboxylic acids is 1. The Balaban J connectivity index is 1.15. The molecule has 2 aliphatic heterocycles. The zero-order valence-electron chi connectivity index (χ0n) is 21.4. The lowest BCUT2D eigenvalue weighted by molar-refractivity contribution is 0.213. The van der Waals surface area contributed by atoms with Gasteiger partial charge in [-0.1, -0.05) is 23.7 Å². The van der Waals surface area contributed by atoms with Crippen LogP contribution >= 0.6 is 11.6 Å². The predicted octanol–water partition coefficient (Wildman–Crippen LogP) is 5.91. The van der Waals surface area contributed by atoms with Gasteiger partial charge >= 0.3 is 6.03 Å². The Morgan fingerprint density at radius 2 is 1.97 bits per heavy atom. The molecule has 2 aliphatic rings. The molecule has 200 valence electrons. The molecule has 10 heteroatoms. The molecule has 0 aliphatic carbocycles. The third-order valence-corrected chi connectivity index (χ3v) is 7.77. The van der Waals surface area contributed by atoms with E-state index in [9.17, 15) is 9.18 Å². The maximum absolute atomic E-state index is 13.4. The summed E-state index contributed by atoms with van der Waals surface area (Å²) in [5.74, 6) is 1.30. The molecule has 8 nitrogen and oxygen atoms in total. The molecule has 0 bridgehead atoms. The van der Waals surface area contributed by atoms with E-state index in [1.54, 1.807) is 24.3 Å². The lowest BCUT2D eigenvalue weighted by atomic mass is 10.1. The lowest BCUT2D eigenvalue weighted by Gasteiger charge is -2.21. The van der Waals surface area contributed by atoms with Gasteiger partial charge in [0.2, 0.25) is 0 Å². The Hall–Kier alpha value is -3.95. The van der Waals surface area contributed by atoms with Gasteiger partial charge in [-0.3, -0.25) is 0 Å². The maximum atomic E-state index is 13.4. The molecule has 2 fully saturated rings. The summed E-state index contributed by atoms with van der Waals surface area (Å²) in [6.07, 6.45) is 2.62. The summed E-state index contributed by atoms with van der Waals surface area (Å²) in [4.78, 5) is 26.0. The molecule has 4 aromatic rings. The fraction of sp³-hybridized carbons (Fsp3) is 0.276. The van der Waals surface area contributed by atoms with Crippen LogP contribution in [0, 0.1) is 11.7 Å². The number of amides is 2. The highest BCUT2D eigenvalue weighted by atomic mass is 35.5. The number of likely N-dealkylation sites (N-methyl/N-ethyl adjacent to an activating group) is 1. The molecule has 6 rings (SSSR count). The molecule has 0 spiro atoms. The van der Waals surface area contributed by atoms with Crippen LogP contribution in [0.4, 0.5) is 26.4 Å². The highest BCUT2D eigenvalue weighted by Crippen LogP contribution is 2.33. The number of likely N-dealkylation sites (tertiary alicyclic amines) is 2. The second kappa shape index (κ2) is 10.7. The molecule has 2 amide bonds. The average Bonchev–Trinajstić information content (AvgIpc) is 3.51. The van der Waals surface area contributed by atoms with E-state index in [1.165, 1.54) is 18.5 Å². The van der Waals surface area contributed by atoms with Crippen molar-refractivity contribution in [2.45, 2.75) is 19.1 Å². The number of nitrogens with zero attached hydrogens (tertiary/aromatic N) is 4. The van der Waals surface area contributed by atoms with Crippen molar-refractivity contribution in [1.29, 1.82) is 0 Å². The second-order valence-electron chi connectivity index (χ2n) is 10.1. The molecule has 2 N–H and O–H groups in total. The quantitative estimate of drug-likeness (QED) is 0.313. The van der Waals surface area contributed by atoms with Crippen molar-refractivity contribution < 1.29 is 13.9 Å². The standard InChI is InChI=1S/C29H28ClFN6O2/c1-36-10-9-19-14-37(15-26(19)36)29(38)35-21-5-7-25-23(12-21)28(33-17-32-25)34-22-6-8-27(24(30)13-22)39-16-18-3-2-4-20(31)11-18/h2-8,11-13,17,19,26H,9-10,14-16H2,1H3,(H,35,38)(H,32,33,34). The monoisotopic (exact) mass is 546 g/mol. The van der Waals surface area contributed by atoms with Gasteiger partial charge in [0, 0.05) is 35.9 Å². The zero-order valence-corrected chi connectivity index (χ0v) is 22.2. The maximum Gasteiger partial charge on any atom is 0.321 e. The minimum atomic E-state index is -0.312. The summed E-state index contributed by atoms with van der Waals surface area (Å²) in [5, 5.41) is 7.50. The minimum absolute atomic E-state index is 0.0934. The molecular weight excluding hydrogens is 519 g/mol. The van der Waals surface area contributed by atoms with Crippen molar-refractivity contribution in [2.24, 2.45) is 5.92 Å². The van der Waals surface area contributed by atoms with Crippen LogP contribution in [0.1, 0.15) is 12.0 Å². The largest absolute Gasteiger partial charge is 0.487 e. The first kappa shape index (κ1) is 25.3. The van der Waals surface area contributed by atoms with Crippen LogP contribution in [-0.4, -0.2) is 58.5 Å². The van der Waals surface area contributed by atoms with Crippen LogP contribution in [0.5, 0.6) is 5.75 Å². The zero-order chi connectivity index (χ0) is 26.9. The van der Waals surface area contributed by atoms with Gasteiger partial charge in [0.15, 0.2) is 0 Å². The Morgan fingerprint density at radius 1 is 1.10 bits per heavy atom. The Labute approximate surface area is 230 Å². The van der Waals surface area contributed by atoms with Crippen molar-refractivity contribution in [1.82, 2.24) is 19.8 Å². The van der Waals surface area contributed by atoms with Gasteiger partial charge in [0.05, 0.1) is 10.5 Å². The molecule has 0 saturated carbocycles. The molecule has 0 radical (unpaired) electrons. The van der Waals surface area contributed by atoms with E-state index in [1.807, 2.05) is 29.2 Å². The highest BCUT2D eigenvalue weighted by molar-refractivity contribution is 6.32. The topological polar surface area (TPSA) is 82.6 Å². The fourth-order valence-electron chi connectivity index (χ4n) is 5.39. The summed E-state index contributed by atoms with van der Waals surface area (Å²) in [6, 6.07) is 17.5. The molecule has 3 aromatic carbocycles. The van der Waals surface area contributed by atoms with Crippen LogP contribution < -0.4 is 15.4 Å². The van der Waals surface area contributed by atoms with E-state index in [4.69, 9.17) is 16.3 Å². The molecule has 1 aromatic heterocycles. The van der Waals surface area contributed by atoms with E-state index in [-0.39, 0.29) is 18.5 Å². The van der Waals surface area contributed by atoms with Crippen LogP contribution in [0.3, 0.4) is 0 Å². The first-order valence-corrected chi connectivity index (χ1v) is 13.3. The highest BCUT2D eigenvalue weighted by Gasteiger charge is 2.41. The summed E-state index contributed by atoms with van der Waals surface area (Å²) >= 11 is 6.47. The van der Waals surface area contributed by atoms with Crippen molar-refractivity contribution >= 4 is 45.7 Å². The molecule has 3 heterocycles. The van der Waals surface area contributed by atoms with Gasteiger partial charge in [-0.2, -0.15) is 0 Å². The minimum Gasteiger partial charge on any atom is -0.487 e. The number of carbonyl (C=O) groups is 1. The SMILES string of the molecule is CN1CCC2CN(C(=O)Nc3ccc4ncnc(Nc5ccc(OCc6cccc(F)c6)c(Cl)c5)c4c3)CC21. The first-order chi connectivity index (χ1) is 18.9. The number of hydrogen-bond donors (Lipinski definition) is 2. The molecule has 2 atom stereocenters. The first-order valence-electron chi connectivity index (χ1n) is 12.9. The van der Waals surface area contributed by atoms with E-state index in [0.29, 0.717) is 45.5 Å². The number of fused-ring (bicyclic) bond motifs is 2. The van der Waals surface area contributed by atoms with Gasteiger partial charge in [0.1, 0.15) is 30.3 Å². The normalized spacial score (nSPS) is 18.8. The van der Waals surface area contributed by atoms with E-state index < -0.39 is 0 Å². The number of nitrogens with one attached hydrogen (secondary N) is 2. The average molecular weight is 547 g/mol. The second-order valence-corrected chi connectivity index (χ2v) is 10.5. The number of ether oxygens (including phenoxy) is 1. The fourth-order valence-corrected chi connectivity index (χ4v) is 5.63. The van der Waals surface area contributed by atoms with Crippen molar-refractivity contribution in [3.8, 4) is 5.75 Å². The van der Waals surface area contributed by atoms with Crippen molar-refractivity contribution in [2.75, 3.05) is 37.3 Å². The predicted molar refractivity (Wildman–Crippen MR) is 150 cm³/mol.